The predicted molar refractivity (Wildman–Crippen MR) is 309 cm³/mol. The second kappa shape index (κ2) is 55.2. The first-order valence-electron chi connectivity index (χ1n) is 30.5. The number of ether oxygens (including phenoxy) is 4. The highest BCUT2D eigenvalue weighted by molar-refractivity contribution is 5.71. The Kier molecular flexibility index (Phi) is 53.0. The van der Waals surface area contributed by atoms with Crippen molar-refractivity contribution >= 4 is 17.9 Å². The van der Waals surface area contributed by atoms with Crippen LogP contribution in [0.15, 0.2) is 60.8 Å². The average Bonchev–Trinajstić information content (AvgIpc) is 3.36. The average molecular weight is 1030 g/mol. The molecule has 1 N–H and O–H groups in total. The number of nitrogens with zero attached hydrogens (tertiary/aromatic N) is 1. The smallest absolute Gasteiger partial charge is 0.361 e. The first-order chi connectivity index (χ1) is 35.6. The molecule has 0 aliphatic carbocycles. The third kappa shape index (κ3) is 56.6. The van der Waals surface area contributed by atoms with E-state index >= 15 is 0 Å². The third-order valence-electron chi connectivity index (χ3n) is 13.2. The van der Waals surface area contributed by atoms with E-state index in [2.05, 4.69) is 74.6 Å². The van der Waals surface area contributed by atoms with Crippen molar-refractivity contribution in [3.8, 4) is 0 Å². The number of carboxylic acid groups (broad SMARTS) is 1. The van der Waals surface area contributed by atoms with Gasteiger partial charge < -0.3 is 28.5 Å². The van der Waals surface area contributed by atoms with Crippen LogP contribution in [0.4, 0.5) is 0 Å². The normalized spacial score (nSPS) is 13.2. The molecule has 0 rings (SSSR count). The molecule has 0 heterocycles. The molecule has 0 aromatic heterocycles. The number of carboxylic acids is 1. The van der Waals surface area contributed by atoms with Crippen LogP contribution in [0.5, 0.6) is 0 Å². The standard InChI is InChI=1S/C64H115NO8/c1-6-8-10-12-14-16-18-20-22-24-26-28-30-31-33-34-36-38-40-42-44-46-48-50-52-54-61(66)71-58-60(59-72-64(63(68)69)70-57-56-65(3,4)5)73-62(67)55-53-51-49-47-45-43-41-39-37-35-32-29-27-25-23-21-19-17-15-13-11-9-7-2/h18-21,24-27,32,35,60,64H,6-17,22-23,28-31,33-34,36-59H2,1-5H3/p+1/b20-18-,21-19-,26-24-,27-25-,35-32-. The van der Waals surface area contributed by atoms with E-state index in [0.717, 1.165) is 64.2 Å². The molecule has 0 spiro atoms. The van der Waals surface area contributed by atoms with Crippen molar-refractivity contribution in [2.24, 2.45) is 0 Å². The van der Waals surface area contributed by atoms with Crippen molar-refractivity contribution in [2.75, 3.05) is 47.5 Å². The molecule has 0 aliphatic rings. The van der Waals surface area contributed by atoms with Gasteiger partial charge in [-0.1, -0.05) is 235 Å². The van der Waals surface area contributed by atoms with E-state index in [1.165, 1.54) is 173 Å². The molecule has 2 unspecified atom stereocenters. The number of rotatable bonds is 56. The summed E-state index contributed by atoms with van der Waals surface area (Å²) in [5, 5.41) is 9.71. The quantitative estimate of drug-likeness (QED) is 0.0211. The van der Waals surface area contributed by atoms with E-state index in [1.54, 1.807) is 0 Å². The Morgan fingerprint density at radius 1 is 0.411 bits per heavy atom. The Hall–Kier alpha value is -3.01. The first-order valence-corrected chi connectivity index (χ1v) is 30.5. The maximum absolute atomic E-state index is 12.9. The molecule has 424 valence electrons. The number of hydrogen-bond acceptors (Lipinski definition) is 7. The van der Waals surface area contributed by atoms with Gasteiger partial charge in [0.15, 0.2) is 6.10 Å². The fourth-order valence-electron chi connectivity index (χ4n) is 8.52. The number of likely N-dealkylation sites (N-methyl/N-ethyl adjacent to an activating group) is 1. The Balaban J connectivity index is 4.23. The van der Waals surface area contributed by atoms with Gasteiger partial charge in [0.25, 0.3) is 6.29 Å². The van der Waals surface area contributed by atoms with Crippen LogP contribution in [0.1, 0.15) is 271 Å². The molecule has 0 fully saturated rings. The summed E-state index contributed by atoms with van der Waals surface area (Å²) in [6.45, 7) is 4.87. The van der Waals surface area contributed by atoms with Gasteiger partial charge in [0.1, 0.15) is 13.2 Å². The zero-order chi connectivity index (χ0) is 53.4. The molecule has 0 aliphatic heterocycles. The number of allylic oxidation sites excluding steroid dienone is 10. The van der Waals surface area contributed by atoms with Gasteiger partial charge in [0.05, 0.1) is 34.4 Å². The molecule has 0 radical (unpaired) electrons. The number of unbranched alkanes of at least 4 members (excludes halogenated alkanes) is 31. The van der Waals surface area contributed by atoms with Crippen LogP contribution in [-0.2, 0) is 33.3 Å². The Morgan fingerprint density at radius 2 is 0.740 bits per heavy atom. The fraction of sp³-hybridized carbons (Fsp3) is 0.797. The van der Waals surface area contributed by atoms with E-state index < -0.39 is 24.3 Å². The van der Waals surface area contributed by atoms with Gasteiger partial charge >= 0.3 is 17.9 Å². The zero-order valence-corrected chi connectivity index (χ0v) is 48.3. The summed E-state index contributed by atoms with van der Waals surface area (Å²) >= 11 is 0. The van der Waals surface area contributed by atoms with Crippen molar-refractivity contribution in [3.63, 3.8) is 0 Å². The Labute approximate surface area is 450 Å². The van der Waals surface area contributed by atoms with Crippen LogP contribution in [0, 0.1) is 0 Å². The van der Waals surface area contributed by atoms with Crippen molar-refractivity contribution in [3.05, 3.63) is 60.8 Å². The van der Waals surface area contributed by atoms with E-state index in [1.807, 2.05) is 21.1 Å². The molecule has 0 saturated heterocycles. The summed E-state index contributed by atoms with van der Waals surface area (Å²) < 4.78 is 22.9. The minimum Gasteiger partial charge on any atom is -0.477 e. The minimum atomic E-state index is -1.51. The fourth-order valence-corrected chi connectivity index (χ4v) is 8.52. The summed E-state index contributed by atoms with van der Waals surface area (Å²) in [5.74, 6) is -2.01. The highest BCUT2D eigenvalue weighted by atomic mass is 16.7. The number of hydrogen-bond donors (Lipinski definition) is 1. The SMILES string of the molecule is CCCCCCC/C=C\C/C=C\C/C=C\CCCCCCCCCCC(=O)OC(COC(=O)CCCCCCCCCCCCCCC/C=C\C/C=C\CCCCCCC)COC(OCC[N+](C)(C)C)C(=O)O. The van der Waals surface area contributed by atoms with Gasteiger partial charge in [0, 0.05) is 12.8 Å². The lowest BCUT2D eigenvalue weighted by Gasteiger charge is -2.25. The molecule has 0 amide bonds. The topological polar surface area (TPSA) is 108 Å². The van der Waals surface area contributed by atoms with Crippen molar-refractivity contribution < 1.29 is 42.9 Å². The third-order valence-corrected chi connectivity index (χ3v) is 13.2. The van der Waals surface area contributed by atoms with Crippen molar-refractivity contribution in [1.82, 2.24) is 0 Å². The van der Waals surface area contributed by atoms with Gasteiger partial charge in [-0.25, -0.2) is 4.79 Å². The van der Waals surface area contributed by atoms with Gasteiger partial charge in [-0.15, -0.1) is 0 Å². The van der Waals surface area contributed by atoms with Crippen LogP contribution in [-0.4, -0.2) is 87.4 Å². The van der Waals surface area contributed by atoms with Crippen LogP contribution < -0.4 is 0 Å². The molecular weight excluding hydrogens is 911 g/mol. The summed E-state index contributed by atoms with van der Waals surface area (Å²) in [5.41, 5.74) is 0. The molecule has 0 bridgehead atoms. The number of esters is 2. The number of quaternary nitrogens is 1. The molecule has 73 heavy (non-hydrogen) atoms. The molecule has 9 heteroatoms. The van der Waals surface area contributed by atoms with Gasteiger partial charge in [-0.05, 0) is 83.5 Å². The Morgan fingerprint density at radius 3 is 1.10 bits per heavy atom. The highest BCUT2D eigenvalue weighted by Crippen LogP contribution is 2.16. The monoisotopic (exact) mass is 1030 g/mol. The largest absolute Gasteiger partial charge is 0.477 e. The maximum atomic E-state index is 12.9. The van der Waals surface area contributed by atoms with E-state index in [0.29, 0.717) is 23.9 Å². The minimum absolute atomic E-state index is 0.185. The first kappa shape index (κ1) is 70.0. The number of aliphatic carboxylic acids is 1. The Bertz CT molecular complexity index is 1380. The van der Waals surface area contributed by atoms with Crippen LogP contribution >= 0.6 is 0 Å². The van der Waals surface area contributed by atoms with E-state index in [-0.39, 0.29) is 32.2 Å². The van der Waals surface area contributed by atoms with E-state index in [4.69, 9.17) is 18.9 Å². The van der Waals surface area contributed by atoms with Crippen molar-refractivity contribution in [1.29, 1.82) is 0 Å². The molecule has 0 aromatic rings. The number of carbonyl (C=O) groups is 3. The lowest BCUT2D eigenvalue weighted by atomic mass is 10.0. The lowest BCUT2D eigenvalue weighted by molar-refractivity contribution is -0.870. The lowest BCUT2D eigenvalue weighted by Crippen LogP contribution is -2.40. The van der Waals surface area contributed by atoms with Gasteiger partial charge in [0.2, 0.25) is 0 Å². The zero-order valence-electron chi connectivity index (χ0n) is 48.3. The summed E-state index contributed by atoms with van der Waals surface area (Å²) in [4.78, 5) is 37.5. The second-order valence-electron chi connectivity index (χ2n) is 21.7. The predicted octanol–water partition coefficient (Wildman–Crippen LogP) is 18.0. The molecule has 0 saturated carbocycles. The summed E-state index contributed by atoms with van der Waals surface area (Å²) in [6.07, 6.45) is 67.2. The molecule has 0 aromatic carbocycles. The van der Waals surface area contributed by atoms with Gasteiger partial charge in [-0.2, -0.15) is 0 Å². The summed E-state index contributed by atoms with van der Waals surface area (Å²) in [7, 11) is 5.97. The summed E-state index contributed by atoms with van der Waals surface area (Å²) in [6, 6.07) is 0. The molecule has 2 atom stereocenters. The van der Waals surface area contributed by atoms with Gasteiger partial charge in [-0.3, -0.25) is 9.59 Å². The second-order valence-corrected chi connectivity index (χ2v) is 21.7. The highest BCUT2D eigenvalue weighted by Gasteiger charge is 2.25. The number of carbonyl (C=O) groups excluding carboxylic acids is 2. The van der Waals surface area contributed by atoms with Crippen LogP contribution in [0.25, 0.3) is 0 Å². The van der Waals surface area contributed by atoms with Crippen molar-refractivity contribution in [2.45, 2.75) is 283 Å². The van der Waals surface area contributed by atoms with Crippen LogP contribution in [0.2, 0.25) is 0 Å². The van der Waals surface area contributed by atoms with Crippen LogP contribution in [0.3, 0.4) is 0 Å². The maximum Gasteiger partial charge on any atom is 0.361 e. The molecular formula is C64H116NO8+. The van der Waals surface area contributed by atoms with E-state index in [9.17, 15) is 19.5 Å². The molecule has 9 nitrogen and oxygen atoms in total.